The first-order valence-electron chi connectivity index (χ1n) is 43.6. The van der Waals surface area contributed by atoms with Crippen molar-refractivity contribution >= 4 is 19.8 Å². The minimum Gasteiger partial charge on any atom is -0.756 e. The second kappa shape index (κ2) is 80.5. The highest BCUT2D eigenvalue weighted by Crippen LogP contribution is 2.38. The zero-order chi connectivity index (χ0) is 72.5. The fourth-order valence-corrected chi connectivity index (χ4v) is 13.8. The lowest BCUT2D eigenvalue weighted by molar-refractivity contribution is -0.870. The number of hydrogen-bond acceptors (Lipinski definition) is 8. The van der Waals surface area contributed by atoms with Gasteiger partial charge in [0.25, 0.3) is 7.82 Å². The number of esters is 2. The van der Waals surface area contributed by atoms with Gasteiger partial charge in [-0.05, 0) is 83.5 Å². The fraction of sp³-hybridized carbons (Fsp3) is 0.844. The number of phosphoric acid groups is 1. The molecule has 0 heterocycles. The van der Waals surface area contributed by atoms with Crippen molar-refractivity contribution in [1.82, 2.24) is 0 Å². The fourth-order valence-electron chi connectivity index (χ4n) is 13.1. The predicted molar refractivity (Wildman–Crippen MR) is 434 cm³/mol. The molecule has 100 heavy (non-hydrogen) atoms. The summed E-state index contributed by atoms with van der Waals surface area (Å²) >= 11 is 0. The molecule has 2 unspecified atom stereocenters. The summed E-state index contributed by atoms with van der Waals surface area (Å²) in [5.41, 5.74) is 0. The first kappa shape index (κ1) is 97.4. The van der Waals surface area contributed by atoms with Crippen molar-refractivity contribution in [2.24, 2.45) is 0 Å². The quantitative estimate of drug-likeness (QED) is 0.0195. The van der Waals surface area contributed by atoms with E-state index >= 15 is 0 Å². The molecule has 0 aliphatic heterocycles. The third kappa shape index (κ3) is 84.4. The van der Waals surface area contributed by atoms with E-state index in [-0.39, 0.29) is 32.0 Å². The Kier molecular flexibility index (Phi) is 78.5. The van der Waals surface area contributed by atoms with Crippen molar-refractivity contribution in [1.29, 1.82) is 0 Å². The molecular formula is C90H168NO8P. The molecule has 0 aromatic rings. The monoisotopic (exact) mass is 1420 g/mol. The molecule has 0 N–H and O–H groups in total. The molecule has 0 aromatic heterocycles. The van der Waals surface area contributed by atoms with Gasteiger partial charge in [0.2, 0.25) is 0 Å². The standard InChI is InChI=1S/C90H168NO8P/c1-6-8-10-12-14-16-18-20-22-24-26-28-30-32-34-36-38-40-42-44-45-47-49-51-53-55-57-59-61-63-65-67-69-71-73-75-77-79-81-83-90(93)99-88(87-98-100(94,95)97-85-84-91(3,4)5)86-96-89(92)82-80-78-76-74-72-70-68-66-64-62-60-58-56-54-52-50-48-46-43-41-39-37-35-33-31-29-27-25-23-21-19-17-15-13-11-9-7-2/h8,10,14,16,20,22,25-28,32,34,88H,6-7,9,11-13,15,17-19,21,23-24,29-31,33,35-87H2,1-5H3/b10-8-,16-14-,22-20-,27-25-,28-26-,34-32-. The summed E-state index contributed by atoms with van der Waals surface area (Å²) in [4.78, 5) is 38.2. The molecule has 586 valence electrons. The highest BCUT2D eigenvalue weighted by Gasteiger charge is 2.22. The topological polar surface area (TPSA) is 111 Å². The van der Waals surface area contributed by atoms with Crippen molar-refractivity contribution in [2.45, 2.75) is 444 Å². The van der Waals surface area contributed by atoms with Gasteiger partial charge in [-0.25, -0.2) is 0 Å². The van der Waals surface area contributed by atoms with Gasteiger partial charge < -0.3 is 27.9 Å². The molecule has 2 atom stereocenters. The maximum Gasteiger partial charge on any atom is 0.306 e. The third-order valence-corrected chi connectivity index (χ3v) is 20.7. The number of rotatable bonds is 82. The molecule has 0 aromatic carbocycles. The van der Waals surface area contributed by atoms with E-state index in [9.17, 15) is 19.0 Å². The SMILES string of the molecule is CC/C=C\C/C=C\C/C=C\C/C=C\C/C=C\CCCCCCCCCCCCCCCCCCCCCCCCCC(=O)OC(COC(=O)CCCCCCCCCCCCCCCCCCCCCCCCCCC/C=C\CCCCCCCCCC)COP(=O)([O-])OCC[N+](C)(C)C. The molecule has 0 aliphatic rings. The van der Waals surface area contributed by atoms with Crippen LogP contribution in [0.25, 0.3) is 0 Å². The van der Waals surface area contributed by atoms with Gasteiger partial charge in [0.1, 0.15) is 19.8 Å². The lowest BCUT2D eigenvalue weighted by Crippen LogP contribution is -2.37. The number of carbonyl (C=O) groups excluding carboxylic acids is 2. The van der Waals surface area contributed by atoms with Crippen LogP contribution in [0.3, 0.4) is 0 Å². The average Bonchev–Trinajstić information content (AvgIpc) is 1.07. The van der Waals surface area contributed by atoms with Gasteiger partial charge in [-0.15, -0.1) is 0 Å². The summed E-state index contributed by atoms with van der Waals surface area (Å²) in [5.74, 6) is -0.808. The number of carbonyl (C=O) groups is 2. The zero-order valence-corrected chi connectivity index (χ0v) is 68.1. The zero-order valence-electron chi connectivity index (χ0n) is 67.2. The van der Waals surface area contributed by atoms with Crippen LogP contribution in [0.2, 0.25) is 0 Å². The molecule has 0 spiro atoms. The van der Waals surface area contributed by atoms with Crippen molar-refractivity contribution in [3.63, 3.8) is 0 Å². The Labute approximate surface area is 622 Å². The van der Waals surface area contributed by atoms with Crippen LogP contribution in [0, 0.1) is 0 Å². The first-order chi connectivity index (χ1) is 49.0. The van der Waals surface area contributed by atoms with E-state index in [1.807, 2.05) is 21.1 Å². The highest BCUT2D eigenvalue weighted by molar-refractivity contribution is 7.45. The van der Waals surface area contributed by atoms with Gasteiger partial charge in [-0.3, -0.25) is 14.2 Å². The molecule has 0 aliphatic carbocycles. The number of unbranched alkanes of at least 4 members (excludes halogenated alkanes) is 56. The summed E-state index contributed by atoms with van der Waals surface area (Å²) in [5, 5.41) is 0. The molecule has 0 saturated heterocycles. The first-order valence-corrected chi connectivity index (χ1v) is 45.1. The van der Waals surface area contributed by atoms with Crippen LogP contribution in [-0.4, -0.2) is 70.0 Å². The van der Waals surface area contributed by atoms with E-state index in [1.165, 1.54) is 340 Å². The molecule has 0 saturated carbocycles. The molecule has 10 heteroatoms. The van der Waals surface area contributed by atoms with E-state index in [0.717, 1.165) is 64.2 Å². The Morgan fingerprint density at radius 2 is 0.570 bits per heavy atom. The van der Waals surface area contributed by atoms with Crippen LogP contribution in [0.15, 0.2) is 72.9 Å². The average molecular weight is 1420 g/mol. The van der Waals surface area contributed by atoms with Crippen LogP contribution in [0.5, 0.6) is 0 Å². The number of phosphoric ester groups is 1. The van der Waals surface area contributed by atoms with E-state index in [4.69, 9.17) is 18.5 Å². The van der Waals surface area contributed by atoms with Gasteiger partial charge in [0, 0.05) is 12.8 Å². The Morgan fingerprint density at radius 3 is 0.860 bits per heavy atom. The molecule has 0 radical (unpaired) electrons. The molecule has 0 fully saturated rings. The van der Waals surface area contributed by atoms with E-state index < -0.39 is 26.5 Å². The number of quaternary nitrogens is 1. The summed E-state index contributed by atoms with van der Waals surface area (Å²) in [6.45, 7) is 4.20. The largest absolute Gasteiger partial charge is 0.756 e. The van der Waals surface area contributed by atoms with Crippen LogP contribution in [-0.2, 0) is 32.7 Å². The Morgan fingerprint density at radius 1 is 0.320 bits per heavy atom. The molecule has 0 bridgehead atoms. The van der Waals surface area contributed by atoms with Gasteiger partial charge in [0.05, 0.1) is 27.7 Å². The number of likely N-dealkylation sites (N-methyl/N-ethyl adjacent to an activating group) is 1. The molecule has 9 nitrogen and oxygen atoms in total. The summed E-state index contributed by atoms with van der Waals surface area (Å²) in [6, 6.07) is 0. The van der Waals surface area contributed by atoms with Gasteiger partial charge in [0.15, 0.2) is 6.10 Å². The van der Waals surface area contributed by atoms with Crippen molar-refractivity contribution in [3.05, 3.63) is 72.9 Å². The maximum atomic E-state index is 12.9. The second-order valence-electron chi connectivity index (χ2n) is 30.9. The predicted octanol–water partition coefficient (Wildman–Crippen LogP) is 28.8. The minimum absolute atomic E-state index is 0.0284. The smallest absolute Gasteiger partial charge is 0.306 e. The van der Waals surface area contributed by atoms with Gasteiger partial charge in [-0.1, -0.05) is 414 Å². The van der Waals surface area contributed by atoms with Crippen LogP contribution >= 0.6 is 7.82 Å². The minimum atomic E-state index is -4.65. The van der Waals surface area contributed by atoms with Crippen LogP contribution < -0.4 is 4.89 Å². The van der Waals surface area contributed by atoms with Crippen molar-refractivity contribution in [3.8, 4) is 0 Å². The number of nitrogens with zero attached hydrogens (tertiary/aromatic N) is 1. The number of allylic oxidation sites excluding steroid dienone is 12. The Hall–Kier alpha value is -2.55. The normalized spacial score (nSPS) is 13.3. The number of hydrogen-bond donors (Lipinski definition) is 0. The van der Waals surface area contributed by atoms with Gasteiger partial charge >= 0.3 is 11.9 Å². The lowest BCUT2D eigenvalue weighted by Gasteiger charge is -2.28. The molecular weight excluding hydrogens is 1250 g/mol. The molecule has 0 rings (SSSR count). The Bertz CT molecular complexity index is 1920. The van der Waals surface area contributed by atoms with Crippen LogP contribution in [0.4, 0.5) is 0 Å². The molecule has 0 amide bonds. The summed E-state index contributed by atoms with van der Waals surface area (Å²) in [6.07, 6.45) is 111. The van der Waals surface area contributed by atoms with Crippen molar-refractivity contribution in [2.75, 3.05) is 47.5 Å². The maximum absolute atomic E-state index is 12.9. The van der Waals surface area contributed by atoms with E-state index in [0.29, 0.717) is 17.4 Å². The number of ether oxygens (including phenoxy) is 2. The van der Waals surface area contributed by atoms with E-state index in [2.05, 4.69) is 86.8 Å². The summed E-state index contributed by atoms with van der Waals surface area (Å²) < 4.78 is 34.5. The van der Waals surface area contributed by atoms with Crippen molar-refractivity contribution < 1.29 is 42.1 Å². The second-order valence-corrected chi connectivity index (χ2v) is 32.3. The van der Waals surface area contributed by atoms with E-state index in [1.54, 1.807) is 0 Å². The van der Waals surface area contributed by atoms with Gasteiger partial charge in [-0.2, -0.15) is 0 Å². The third-order valence-electron chi connectivity index (χ3n) is 19.7. The van der Waals surface area contributed by atoms with Crippen LogP contribution in [0.1, 0.15) is 438 Å². The highest BCUT2D eigenvalue weighted by atomic mass is 31.2. The Balaban J connectivity index is 3.86. The lowest BCUT2D eigenvalue weighted by atomic mass is 10.0. The summed E-state index contributed by atoms with van der Waals surface area (Å²) in [7, 11) is 1.19.